The van der Waals surface area contributed by atoms with Crippen LogP contribution >= 0.6 is 0 Å². The molecule has 0 saturated heterocycles. The number of rotatable bonds is 9. The SMILES string of the molecule is CCCCc1c2cccc3c#cc#cc4cccc5c(CCCC)c6cccc(c#cc7cccc8c(CCCC)c9cccc(c#cc%10cccc1c%10cc32)c9cc78)c6cc45. The summed E-state index contributed by atoms with van der Waals surface area (Å²) in [7, 11) is 0. The molecule has 0 spiro atoms. The second-order valence-corrected chi connectivity index (χ2v) is 16.8. The monoisotopic (exact) mass is 792 g/mol. The van der Waals surface area contributed by atoms with E-state index in [-0.39, 0.29) is 0 Å². The van der Waals surface area contributed by atoms with E-state index in [1.165, 1.54) is 70.6 Å². The largest absolute Gasteiger partial charge is 0.0654 e. The summed E-state index contributed by atoms with van der Waals surface area (Å²) in [5.74, 6) is 0. The van der Waals surface area contributed by atoms with E-state index in [1.807, 2.05) is 0 Å². The summed E-state index contributed by atoms with van der Waals surface area (Å²) in [5, 5.41) is 20.7. The van der Waals surface area contributed by atoms with E-state index in [9.17, 15) is 0 Å². The van der Waals surface area contributed by atoms with Crippen molar-refractivity contribution in [1.29, 1.82) is 0 Å². The minimum atomic E-state index is 0.989. The molecule has 0 aromatic heterocycles. The Morgan fingerprint density at radius 3 is 0.726 bits per heavy atom. The van der Waals surface area contributed by atoms with Crippen LogP contribution in [0.15, 0.2) is 127 Å². The lowest BCUT2D eigenvalue weighted by molar-refractivity contribution is 0.802. The van der Waals surface area contributed by atoms with E-state index >= 15 is 0 Å². The Hall–Kier alpha value is -7.22. The quantitative estimate of drug-likeness (QED) is 0.128. The summed E-state index contributed by atoms with van der Waals surface area (Å²) in [6, 6.07) is 75.1. The van der Waals surface area contributed by atoms with E-state index in [0.29, 0.717) is 0 Å². The zero-order chi connectivity index (χ0) is 42.0. The van der Waals surface area contributed by atoms with Gasteiger partial charge in [-0.3, -0.25) is 0 Å². The van der Waals surface area contributed by atoms with Gasteiger partial charge >= 0.3 is 0 Å². The van der Waals surface area contributed by atoms with Gasteiger partial charge in [0.25, 0.3) is 0 Å². The van der Waals surface area contributed by atoms with Crippen molar-refractivity contribution in [2.45, 2.75) is 78.6 Å². The Bertz CT molecular complexity index is 3250. The second kappa shape index (κ2) is 17.0. The molecular formula is C62H48. The molecule has 0 amide bonds. The fourth-order valence-corrected chi connectivity index (χ4v) is 9.76. The molecule has 0 unspecified atom stereocenters. The molecule has 0 aliphatic rings. The highest BCUT2D eigenvalue weighted by Crippen LogP contribution is 2.37. The molecule has 0 atom stereocenters. The van der Waals surface area contributed by atoms with Crippen LogP contribution in [0.4, 0.5) is 0 Å². The van der Waals surface area contributed by atoms with Gasteiger partial charge in [0.2, 0.25) is 0 Å². The number of aryl methyl sites for hydroxylation is 3. The van der Waals surface area contributed by atoms with Crippen molar-refractivity contribution in [1.82, 2.24) is 0 Å². The van der Waals surface area contributed by atoms with Gasteiger partial charge in [0.1, 0.15) is 0 Å². The van der Waals surface area contributed by atoms with Crippen LogP contribution in [0, 0.1) is 48.5 Å². The topological polar surface area (TPSA) is 0 Å². The Morgan fingerprint density at radius 1 is 0.274 bits per heavy atom. The van der Waals surface area contributed by atoms with Crippen molar-refractivity contribution in [3.63, 3.8) is 0 Å². The van der Waals surface area contributed by atoms with Crippen molar-refractivity contribution >= 4 is 97.0 Å². The van der Waals surface area contributed by atoms with Gasteiger partial charge < -0.3 is 0 Å². The Balaban J connectivity index is 1.37. The minimum absolute atomic E-state index is 0.989. The van der Waals surface area contributed by atoms with Crippen LogP contribution in [0.2, 0.25) is 0 Å². The highest BCUT2D eigenvalue weighted by Gasteiger charge is 2.13. The molecule has 0 aliphatic heterocycles. The molecule has 0 fully saturated rings. The second-order valence-electron chi connectivity index (χ2n) is 16.8. The summed E-state index contributed by atoms with van der Waals surface area (Å²) in [5.41, 5.74) is 4.12. The lowest BCUT2D eigenvalue weighted by Gasteiger charge is -2.12. The van der Waals surface area contributed by atoms with Gasteiger partial charge in [-0.1, -0.05) is 149 Å². The van der Waals surface area contributed by atoms with Gasteiger partial charge in [0.15, 0.2) is 0 Å². The first-order valence-corrected chi connectivity index (χ1v) is 22.6. The van der Waals surface area contributed by atoms with Crippen LogP contribution in [-0.2, 0) is 19.3 Å². The van der Waals surface area contributed by atoms with E-state index in [0.717, 1.165) is 101 Å². The number of hydrogen-bond acceptors (Lipinski definition) is 0. The fraction of sp³-hybridized carbons (Fsp3) is 0.194. The molecule has 10 aromatic rings. The van der Waals surface area contributed by atoms with E-state index in [4.69, 9.17) is 0 Å². The standard InChI is InChI=1S/C62H48/c1-4-7-26-48-51-29-12-20-42-18-10-11-19-43-21-13-30-52-49(27-8-5-2)54-32-15-23-45(60(54)40-58(43)52)36-38-47-25-17-34-56-50(28-9-6-3)55-33-16-24-46(61(55)41-62(47)56)37-35-44-22-14-31-53(48)59(44)39-57(42)51/h12-17,20-25,29-34,39-41H,4-9,26-28H2,1-3H3. The van der Waals surface area contributed by atoms with Crippen molar-refractivity contribution in [2.24, 2.45) is 0 Å². The van der Waals surface area contributed by atoms with Crippen molar-refractivity contribution in [3.05, 3.63) is 193 Å². The smallest absolute Gasteiger partial charge is 0.0334 e. The van der Waals surface area contributed by atoms with E-state index < -0.39 is 0 Å². The van der Waals surface area contributed by atoms with Gasteiger partial charge in [-0.25, -0.2) is 0 Å². The predicted octanol–water partition coefficient (Wildman–Crippen LogP) is 16.7. The summed E-state index contributed by atoms with van der Waals surface area (Å²) >= 11 is 0. The molecule has 0 aliphatic carbocycles. The lowest BCUT2D eigenvalue weighted by atomic mass is 9.91. The first kappa shape index (κ1) is 38.9. The number of benzene rings is 9. The molecule has 10 rings (SSSR count). The fourth-order valence-electron chi connectivity index (χ4n) is 9.76. The maximum atomic E-state index is 3.71. The Labute approximate surface area is 366 Å². The third-order valence-corrected chi connectivity index (χ3v) is 12.9. The van der Waals surface area contributed by atoms with Gasteiger partial charge in [-0.2, -0.15) is 0 Å². The number of unbranched alkanes of at least 4 members (excludes halogenated alkanes) is 3. The summed E-state index contributed by atoms with van der Waals surface area (Å²) in [6.07, 6.45) is 9.73. The third kappa shape index (κ3) is 7.04. The van der Waals surface area contributed by atoms with Crippen LogP contribution < -0.4 is 0 Å². The molecule has 0 heteroatoms. The van der Waals surface area contributed by atoms with Crippen LogP contribution in [0.5, 0.6) is 0 Å². The predicted molar refractivity (Wildman–Crippen MR) is 266 cm³/mol. The van der Waals surface area contributed by atoms with Gasteiger partial charge in [-0.15, -0.1) is 0 Å². The van der Waals surface area contributed by atoms with E-state index in [2.05, 4.69) is 197 Å². The van der Waals surface area contributed by atoms with Crippen molar-refractivity contribution in [2.75, 3.05) is 0 Å². The molecular weight excluding hydrogens is 745 g/mol. The van der Waals surface area contributed by atoms with Gasteiger partial charge in [-0.05, 0) is 187 Å². The zero-order valence-electron chi connectivity index (χ0n) is 36.0. The molecule has 10 aromatic carbocycles. The first-order chi connectivity index (χ1) is 30.6. The molecule has 0 radical (unpaired) electrons. The summed E-state index contributed by atoms with van der Waals surface area (Å²) < 4.78 is 0. The normalized spacial score (nSPS) is 11.2. The minimum Gasteiger partial charge on any atom is -0.0654 e. The first-order valence-electron chi connectivity index (χ1n) is 22.6. The van der Waals surface area contributed by atoms with Crippen LogP contribution in [0.25, 0.3) is 97.0 Å². The highest BCUT2D eigenvalue weighted by atomic mass is 14.2. The highest BCUT2D eigenvalue weighted by molar-refractivity contribution is 6.15. The lowest BCUT2D eigenvalue weighted by Crippen LogP contribution is -1.91. The van der Waals surface area contributed by atoms with Gasteiger partial charge in [0, 0.05) is 32.3 Å². The summed E-state index contributed by atoms with van der Waals surface area (Å²) in [4.78, 5) is 0. The molecule has 0 N–H and O–H groups in total. The Kier molecular flexibility index (Phi) is 10.7. The molecule has 0 saturated carbocycles. The van der Waals surface area contributed by atoms with Crippen LogP contribution in [0.3, 0.4) is 0 Å². The van der Waals surface area contributed by atoms with E-state index in [1.54, 1.807) is 0 Å². The maximum Gasteiger partial charge on any atom is 0.0334 e. The molecule has 0 heterocycles. The molecule has 62 heavy (non-hydrogen) atoms. The van der Waals surface area contributed by atoms with Crippen LogP contribution in [-0.4, -0.2) is 0 Å². The average molecular weight is 793 g/mol. The van der Waals surface area contributed by atoms with Crippen molar-refractivity contribution < 1.29 is 0 Å². The number of hydrogen-bond donors (Lipinski definition) is 0. The zero-order valence-corrected chi connectivity index (χ0v) is 36.0. The maximum absolute atomic E-state index is 3.71. The third-order valence-electron chi connectivity index (χ3n) is 12.9. The van der Waals surface area contributed by atoms with Crippen LogP contribution in [0.1, 0.15) is 76.0 Å². The molecule has 6 bridgehead atoms. The average Bonchev–Trinajstić information content (AvgIpc) is 3.30. The molecule has 0 nitrogen and oxygen atoms in total. The summed E-state index contributed by atoms with van der Waals surface area (Å²) in [6.45, 7) is 6.81. The Morgan fingerprint density at radius 2 is 0.500 bits per heavy atom. The van der Waals surface area contributed by atoms with Gasteiger partial charge in [0.05, 0.1) is 0 Å². The molecule has 296 valence electrons. The van der Waals surface area contributed by atoms with Crippen molar-refractivity contribution in [3.8, 4) is 0 Å².